The van der Waals surface area contributed by atoms with Gasteiger partial charge in [0.25, 0.3) is 0 Å². The summed E-state index contributed by atoms with van der Waals surface area (Å²) in [6.45, 7) is 7.57. The monoisotopic (exact) mass is 243 g/mol. The highest BCUT2D eigenvalue weighted by Gasteiger charge is 2.05. The van der Waals surface area contributed by atoms with Gasteiger partial charge in [0.2, 0.25) is 5.95 Å². The number of nitrogens with zero attached hydrogens (tertiary/aromatic N) is 2. The lowest BCUT2D eigenvalue weighted by Gasteiger charge is -2.12. The Morgan fingerprint density at radius 1 is 1.33 bits per heavy atom. The lowest BCUT2D eigenvalue weighted by molar-refractivity contribution is 0.527. The second-order valence-corrected chi connectivity index (χ2v) is 4.98. The van der Waals surface area contributed by atoms with Gasteiger partial charge in [-0.15, -0.1) is 0 Å². The summed E-state index contributed by atoms with van der Waals surface area (Å²) in [5, 5.41) is 3.38. The maximum Gasteiger partial charge on any atom is 0.207 e. The van der Waals surface area contributed by atoms with Crippen molar-refractivity contribution in [3.05, 3.63) is 42.2 Å². The summed E-state index contributed by atoms with van der Waals surface area (Å²) in [5.41, 5.74) is 2.44. The predicted octanol–water partition coefficient (Wildman–Crippen LogP) is 3.85. The predicted molar refractivity (Wildman–Crippen MR) is 76.2 cm³/mol. The fourth-order valence-electron chi connectivity index (χ4n) is 1.97. The molecule has 1 aromatic carbocycles. The Bertz CT molecular complexity index is 500. The first-order valence-electron chi connectivity index (χ1n) is 6.56. The van der Waals surface area contributed by atoms with E-state index in [9.17, 15) is 0 Å². The van der Waals surface area contributed by atoms with Crippen molar-refractivity contribution in [3.8, 4) is 0 Å². The third-order valence-electron chi connectivity index (χ3n) is 2.87. The van der Waals surface area contributed by atoms with Crippen molar-refractivity contribution in [2.45, 2.75) is 33.7 Å². The minimum Gasteiger partial charge on any atom is -0.326 e. The quantitative estimate of drug-likeness (QED) is 0.864. The molecule has 96 valence electrons. The molecule has 1 N–H and O–H groups in total. The average Bonchev–Trinajstić information content (AvgIpc) is 2.76. The Balaban J connectivity index is 2.15. The molecule has 0 fully saturated rings. The molecule has 1 heterocycles. The van der Waals surface area contributed by atoms with E-state index in [-0.39, 0.29) is 0 Å². The third-order valence-corrected chi connectivity index (χ3v) is 2.87. The van der Waals surface area contributed by atoms with Crippen LogP contribution in [0.2, 0.25) is 0 Å². The summed E-state index contributed by atoms with van der Waals surface area (Å²) in [5.74, 6) is 1.53. The van der Waals surface area contributed by atoms with Gasteiger partial charge < -0.3 is 9.88 Å². The van der Waals surface area contributed by atoms with Gasteiger partial charge in [-0.25, -0.2) is 4.98 Å². The third kappa shape index (κ3) is 3.13. The zero-order valence-corrected chi connectivity index (χ0v) is 11.4. The van der Waals surface area contributed by atoms with Crippen LogP contribution in [0.5, 0.6) is 0 Å². The van der Waals surface area contributed by atoms with Crippen molar-refractivity contribution in [1.29, 1.82) is 0 Å². The minimum atomic E-state index is 0.613. The number of hydrogen-bond donors (Lipinski definition) is 1. The van der Waals surface area contributed by atoms with Crippen LogP contribution in [0.15, 0.2) is 36.7 Å². The number of benzene rings is 1. The van der Waals surface area contributed by atoms with E-state index in [2.05, 4.69) is 59.9 Å². The Hall–Kier alpha value is -1.77. The van der Waals surface area contributed by atoms with E-state index in [1.807, 2.05) is 12.4 Å². The molecule has 0 bridgehead atoms. The number of imidazole rings is 1. The van der Waals surface area contributed by atoms with Crippen molar-refractivity contribution in [1.82, 2.24) is 9.55 Å². The molecule has 0 aliphatic carbocycles. The van der Waals surface area contributed by atoms with Crippen LogP contribution in [0, 0.1) is 5.92 Å². The Kier molecular flexibility index (Phi) is 4.03. The largest absolute Gasteiger partial charge is 0.326 e. The summed E-state index contributed by atoms with van der Waals surface area (Å²) in [6, 6.07) is 8.48. The van der Waals surface area contributed by atoms with Gasteiger partial charge in [0.05, 0.1) is 0 Å². The number of hydrogen-bond acceptors (Lipinski definition) is 2. The van der Waals surface area contributed by atoms with Gasteiger partial charge >= 0.3 is 0 Å². The van der Waals surface area contributed by atoms with Gasteiger partial charge in [-0.05, 0) is 30.0 Å². The van der Waals surface area contributed by atoms with Gasteiger partial charge in [0.15, 0.2) is 0 Å². The fraction of sp³-hybridized carbons (Fsp3) is 0.400. The number of aromatic nitrogens is 2. The molecule has 0 amide bonds. The van der Waals surface area contributed by atoms with Crippen LogP contribution in [-0.4, -0.2) is 9.55 Å². The lowest BCUT2D eigenvalue weighted by Crippen LogP contribution is -2.07. The van der Waals surface area contributed by atoms with Crippen molar-refractivity contribution in [2.24, 2.45) is 5.92 Å². The molecule has 0 saturated heterocycles. The van der Waals surface area contributed by atoms with E-state index in [1.54, 1.807) is 0 Å². The normalized spacial score (nSPS) is 10.9. The molecule has 2 rings (SSSR count). The highest BCUT2D eigenvalue weighted by atomic mass is 15.2. The van der Waals surface area contributed by atoms with Crippen LogP contribution in [-0.2, 0) is 13.0 Å². The van der Waals surface area contributed by atoms with Gasteiger partial charge in [-0.1, -0.05) is 32.9 Å². The van der Waals surface area contributed by atoms with Crippen LogP contribution in [0.4, 0.5) is 11.6 Å². The van der Waals surface area contributed by atoms with Crippen molar-refractivity contribution in [2.75, 3.05) is 5.32 Å². The fourth-order valence-corrected chi connectivity index (χ4v) is 1.97. The standard InChI is InChI=1S/C15H21N3/c1-4-13-6-5-7-14(10-13)17-15-16-8-9-18(15)11-12(2)3/h5-10,12H,4,11H2,1-3H3,(H,16,17). The Labute approximate surface area is 109 Å². The molecule has 3 nitrogen and oxygen atoms in total. The Morgan fingerprint density at radius 2 is 2.17 bits per heavy atom. The van der Waals surface area contributed by atoms with Crippen LogP contribution < -0.4 is 5.32 Å². The average molecular weight is 243 g/mol. The zero-order valence-electron chi connectivity index (χ0n) is 11.4. The first kappa shape index (κ1) is 12.7. The highest BCUT2D eigenvalue weighted by molar-refractivity contribution is 5.54. The first-order valence-corrected chi connectivity index (χ1v) is 6.56. The van der Waals surface area contributed by atoms with Crippen LogP contribution in [0.25, 0.3) is 0 Å². The number of aryl methyl sites for hydroxylation is 1. The van der Waals surface area contributed by atoms with E-state index in [4.69, 9.17) is 0 Å². The molecule has 2 aromatic rings. The van der Waals surface area contributed by atoms with Crippen molar-refractivity contribution >= 4 is 11.6 Å². The molecule has 1 aromatic heterocycles. The molecular formula is C15H21N3. The molecule has 0 atom stereocenters. The summed E-state index contributed by atoms with van der Waals surface area (Å²) in [6.07, 6.45) is 4.91. The maximum absolute atomic E-state index is 4.37. The molecule has 3 heteroatoms. The van der Waals surface area contributed by atoms with Gasteiger partial charge in [-0.2, -0.15) is 0 Å². The number of nitrogens with one attached hydrogen (secondary N) is 1. The van der Waals surface area contributed by atoms with Crippen LogP contribution in [0.3, 0.4) is 0 Å². The van der Waals surface area contributed by atoms with Crippen LogP contribution >= 0.6 is 0 Å². The summed E-state index contributed by atoms with van der Waals surface area (Å²) < 4.78 is 2.16. The Morgan fingerprint density at radius 3 is 2.89 bits per heavy atom. The van der Waals surface area contributed by atoms with E-state index < -0.39 is 0 Å². The van der Waals surface area contributed by atoms with E-state index in [1.165, 1.54) is 5.56 Å². The van der Waals surface area contributed by atoms with Crippen molar-refractivity contribution < 1.29 is 0 Å². The first-order chi connectivity index (χ1) is 8.69. The van der Waals surface area contributed by atoms with Gasteiger partial charge in [0, 0.05) is 24.6 Å². The highest BCUT2D eigenvalue weighted by Crippen LogP contribution is 2.17. The summed E-state index contributed by atoms with van der Waals surface area (Å²) >= 11 is 0. The molecule has 0 aliphatic heterocycles. The van der Waals surface area contributed by atoms with E-state index in [0.717, 1.165) is 24.6 Å². The molecule has 0 saturated carbocycles. The smallest absolute Gasteiger partial charge is 0.207 e. The lowest BCUT2D eigenvalue weighted by atomic mass is 10.1. The van der Waals surface area contributed by atoms with E-state index >= 15 is 0 Å². The maximum atomic E-state index is 4.37. The van der Waals surface area contributed by atoms with E-state index in [0.29, 0.717) is 5.92 Å². The number of rotatable bonds is 5. The second kappa shape index (κ2) is 5.71. The van der Waals surface area contributed by atoms with Gasteiger partial charge in [0.1, 0.15) is 0 Å². The topological polar surface area (TPSA) is 29.9 Å². The molecule has 0 radical (unpaired) electrons. The molecule has 0 unspecified atom stereocenters. The van der Waals surface area contributed by atoms with Gasteiger partial charge in [-0.3, -0.25) is 0 Å². The SMILES string of the molecule is CCc1cccc(Nc2nccn2CC(C)C)c1. The molecule has 18 heavy (non-hydrogen) atoms. The second-order valence-electron chi connectivity index (χ2n) is 4.98. The minimum absolute atomic E-state index is 0.613. The molecule has 0 spiro atoms. The molecular weight excluding hydrogens is 222 g/mol. The molecule has 0 aliphatic rings. The van der Waals surface area contributed by atoms with Crippen molar-refractivity contribution in [3.63, 3.8) is 0 Å². The zero-order chi connectivity index (χ0) is 13.0. The summed E-state index contributed by atoms with van der Waals surface area (Å²) in [4.78, 5) is 4.37. The summed E-state index contributed by atoms with van der Waals surface area (Å²) in [7, 11) is 0. The number of anilines is 2. The van der Waals surface area contributed by atoms with Crippen LogP contribution in [0.1, 0.15) is 26.3 Å².